The summed E-state index contributed by atoms with van der Waals surface area (Å²) in [4.78, 5) is 2.87. The third kappa shape index (κ3) is 3.00. The van der Waals surface area contributed by atoms with Gasteiger partial charge >= 0.3 is 0 Å². The minimum absolute atomic E-state index is 0.274. The van der Waals surface area contributed by atoms with Crippen LogP contribution in [-0.2, 0) is 4.74 Å². The Morgan fingerprint density at radius 1 is 0.889 bits per heavy atom. The van der Waals surface area contributed by atoms with Gasteiger partial charge in [-0.2, -0.15) is 0 Å². The molecule has 6 fully saturated rings. The van der Waals surface area contributed by atoms with Gasteiger partial charge in [0.15, 0.2) is 0 Å². The number of piperidine rings is 4. The van der Waals surface area contributed by atoms with Gasteiger partial charge in [-0.25, -0.2) is 0 Å². The Balaban J connectivity index is 1.21. The molecule has 7 atom stereocenters. The summed E-state index contributed by atoms with van der Waals surface area (Å²) >= 11 is 0. The highest BCUT2D eigenvalue weighted by Gasteiger charge is 2.53. The molecular weight excluding hydrogens is 336 g/mol. The zero-order valence-electron chi connectivity index (χ0n) is 16.8. The average molecular weight is 375 g/mol. The highest BCUT2D eigenvalue weighted by molar-refractivity contribution is 5.09. The standard InChI is InChI=1S/C22H38N4O/c1-2-17-8-24-9-18(3-1)20(17)21-19-5-22(13-25-21,14-27-12-19)26-10-15-4-16(11-26)7-23-6-15/h15-21,23-25H,1-14H2. The topological polar surface area (TPSA) is 48.6 Å². The van der Waals surface area contributed by atoms with E-state index in [9.17, 15) is 0 Å². The summed E-state index contributed by atoms with van der Waals surface area (Å²) in [6.45, 7) is 10.6. The Morgan fingerprint density at radius 3 is 2.41 bits per heavy atom. The van der Waals surface area contributed by atoms with Crippen molar-refractivity contribution in [3.63, 3.8) is 0 Å². The van der Waals surface area contributed by atoms with Gasteiger partial charge in [0.05, 0.1) is 18.8 Å². The van der Waals surface area contributed by atoms with E-state index < -0.39 is 0 Å². The molecule has 6 bridgehead atoms. The molecule has 0 aromatic carbocycles. The number of likely N-dealkylation sites (tertiary alicyclic amines) is 1. The van der Waals surface area contributed by atoms with Crippen molar-refractivity contribution >= 4 is 0 Å². The minimum atomic E-state index is 0.274. The molecule has 0 spiro atoms. The third-order valence-corrected chi connectivity index (χ3v) is 9.15. The molecule has 1 aliphatic carbocycles. The molecule has 0 aromatic rings. The van der Waals surface area contributed by atoms with Crippen LogP contribution in [0.2, 0.25) is 0 Å². The average Bonchev–Trinajstić information content (AvgIpc) is 2.67. The lowest BCUT2D eigenvalue weighted by atomic mass is 9.61. The molecule has 3 N–H and O–H groups in total. The van der Waals surface area contributed by atoms with E-state index in [-0.39, 0.29) is 5.54 Å². The first-order valence-electron chi connectivity index (χ1n) is 11.8. The molecule has 27 heavy (non-hydrogen) atoms. The van der Waals surface area contributed by atoms with Crippen LogP contribution in [-0.4, -0.2) is 75.5 Å². The van der Waals surface area contributed by atoms with Crippen molar-refractivity contribution in [3.8, 4) is 0 Å². The monoisotopic (exact) mass is 374 g/mol. The zero-order valence-corrected chi connectivity index (χ0v) is 16.8. The molecule has 5 heterocycles. The fourth-order valence-electron chi connectivity index (χ4n) is 8.04. The first-order chi connectivity index (χ1) is 13.3. The van der Waals surface area contributed by atoms with Gasteiger partial charge in [-0.1, -0.05) is 6.42 Å². The molecule has 1 saturated carbocycles. The third-order valence-electron chi connectivity index (χ3n) is 9.15. The highest BCUT2D eigenvalue weighted by atomic mass is 16.5. The molecule has 5 heteroatoms. The Morgan fingerprint density at radius 2 is 1.63 bits per heavy atom. The maximum Gasteiger partial charge on any atom is 0.0663 e. The molecule has 7 unspecified atom stereocenters. The second kappa shape index (κ2) is 6.94. The number of fused-ring (bicyclic) bond motifs is 6. The molecule has 0 radical (unpaired) electrons. The van der Waals surface area contributed by atoms with Gasteiger partial charge in [0.2, 0.25) is 0 Å². The van der Waals surface area contributed by atoms with Crippen molar-refractivity contribution in [1.29, 1.82) is 0 Å². The number of nitrogens with zero attached hydrogens (tertiary/aromatic N) is 1. The van der Waals surface area contributed by atoms with Crippen molar-refractivity contribution in [1.82, 2.24) is 20.9 Å². The number of rotatable bonds is 2. The summed E-state index contributed by atoms with van der Waals surface area (Å²) in [6.07, 6.45) is 7.15. The van der Waals surface area contributed by atoms with Crippen LogP contribution in [0.5, 0.6) is 0 Å². The van der Waals surface area contributed by atoms with E-state index in [1.54, 1.807) is 0 Å². The quantitative estimate of drug-likeness (QED) is 0.671. The fraction of sp³-hybridized carbons (Fsp3) is 1.00. The van der Waals surface area contributed by atoms with E-state index in [1.165, 1.54) is 71.4 Å². The molecule has 5 aliphatic heterocycles. The predicted molar refractivity (Wildman–Crippen MR) is 107 cm³/mol. The Kier molecular flexibility index (Phi) is 4.54. The van der Waals surface area contributed by atoms with Crippen molar-refractivity contribution in [3.05, 3.63) is 0 Å². The smallest absolute Gasteiger partial charge is 0.0663 e. The van der Waals surface area contributed by atoms with Gasteiger partial charge in [-0.05, 0) is 87.4 Å². The van der Waals surface area contributed by atoms with Crippen LogP contribution in [0.3, 0.4) is 0 Å². The summed E-state index contributed by atoms with van der Waals surface area (Å²) in [6, 6.07) is 0.696. The molecule has 152 valence electrons. The molecule has 0 amide bonds. The highest BCUT2D eigenvalue weighted by Crippen LogP contribution is 2.46. The van der Waals surface area contributed by atoms with Crippen molar-refractivity contribution in [2.45, 2.75) is 43.7 Å². The van der Waals surface area contributed by atoms with Crippen molar-refractivity contribution in [2.75, 3.05) is 59.0 Å². The van der Waals surface area contributed by atoms with Gasteiger partial charge in [-0.15, -0.1) is 0 Å². The fourth-order valence-corrected chi connectivity index (χ4v) is 8.04. The zero-order chi connectivity index (χ0) is 17.8. The lowest BCUT2D eigenvalue weighted by Gasteiger charge is -2.60. The number of ether oxygens (including phenoxy) is 1. The summed E-state index contributed by atoms with van der Waals surface area (Å²) in [5.41, 5.74) is 0.274. The lowest BCUT2D eigenvalue weighted by molar-refractivity contribution is -0.135. The Hall–Kier alpha value is -0.200. The van der Waals surface area contributed by atoms with Crippen LogP contribution in [0.1, 0.15) is 32.1 Å². The Bertz CT molecular complexity index is 524. The second-order valence-electron chi connectivity index (χ2n) is 10.8. The van der Waals surface area contributed by atoms with E-state index in [0.717, 1.165) is 55.3 Å². The maximum atomic E-state index is 6.35. The van der Waals surface area contributed by atoms with Gasteiger partial charge in [0.1, 0.15) is 0 Å². The number of hydrogen-bond acceptors (Lipinski definition) is 5. The van der Waals surface area contributed by atoms with E-state index >= 15 is 0 Å². The second-order valence-corrected chi connectivity index (χ2v) is 10.8. The van der Waals surface area contributed by atoms with Crippen LogP contribution in [0.25, 0.3) is 0 Å². The van der Waals surface area contributed by atoms with Crippen LogP contribution in [0.15, 0.2) is 0 Å². The first-order valence-corrected chi connectivity index (χ1v) is 11.8. The molecular formula is C22H38N4O. The first kappa shape index (κ1) is 17.6. The summed E-state index contributed by atoms with van der Waals surface area (Å²) in [7, 11) is 0. The van der Waals surface area contributed by atoms with E-state index in [1.807, 2.05) is 0 Å². The minimum Gasteiger partial charge on any atom is -0.379 e. The molecule has 6 rings (SSSR count). The van der Waals surface area contributed by atoms with Crippen molar-refractivity contribution < 1.29 is 4.74 Å². The van der Waals surface area contributed by atoms with Crippen LogP contribution in [0, 0.1) is 35.5 Å². The Labute approximate surface area is 164 Å². The molecule has 0 aromatic heterocycles. The van der Waals surface area contributed by atoms with E-state index in [0.29, 0.717) is 6.04 Å². The lowest BCUT2D eigenvalue weighted by Crippen LogP contribution is -2.72. The van der Waals surface area contributed by atoms with Crippen LogP contribution < -0.4 is 16.0 Å². The molecule has 6 aliphatic rings. The normalized spacial score (nSPS) is 53.1. The summed E-state index contributed by atoms with van der Waals surface area (Å²) < 4.78 is 6.35. The number of hydrogen-bond donors (Lipinski definition) is 3. The van der Waals surface area contributed by atoms with E-state index in [2.05, 4.69) is 20.9 Å². The summed E-state index contributed by atoms with van der Waals surface area (Å²) in [5, 5.41) is 11.5. The molecule has 5 nitrogen and oxygen atoms in total. The predicted octanol–water partition coefficient (Wildman–Crippen LogP) is 0.911. The largest absolute Gasteiger partial charge is 0.379 e. The maximum absolute atomic E-state index is 6.35. The molecule has 5 saturated heterocycles. The van der Waals surface area contributed by atoms with Gasteiger partial charge in [-0.3, -0.25) is 4.90 Å². The van der Waals surface area contributed by atoms with E-state index in [4.69, 9.17) is 4.74 Å². The SMILES string of the molecule is C1CC2CNCC(C1)C2C1NCC2(N3CC4CNCC(C4)C3)COCC1C2. The van der Waals surface area contributed by atoms with Gasteiger partial charge < -0.3 is 20.7 Å². The van der Waals surface area contributed by atoms with Crippen LogP contribution >= 0.6 is 0 Å². The van der Waals surface area contributed by atoms with Gasteiger partial charge in [0, 0.05) is 25.7 Å². The van der Waals surface area contributed by atoms with Gasteiger partial charge in [0.25, 0.3) is 0 Å². The number of nitrogens with one attached hydrogen (secondary N) is 3. The summed E-state index contributed by atoms with van der Waals surface area (Å²) in [5.74, 6) is 5.10. The van der Waals surface area contributed by atoms with Crippen LogP contribution in [0.4, 0.5) is 0 Å². The van der Waals surface area contributed by atoms with Crippen molar-refractivity contribution in [2.24, 2.45) is 35.5 Å².